The molecule has 0 aromatic carbocycles. The lowest BCUT2D eigenvalue weighted by atomic mass is 9.84. The van der Waals surface area contributed by atoms with Gasteiger partial charge in [-0.1, -0.05) is 38.2 Å². The van der Waals surface area contributed by atoms with E-state index in [4.69, 9.17) is 4.74 Å². The van der Waals surface area contributed by atoms with Crippen molar-refractivity contribution in [2.75, 3.05) is 0 Å². The van der Waals surface area contributed by atoms with Gasteiger partial charge in [0.1, 0.15) is 11.9 Å². The van der Waals surface area contributed by atoms with E-state index in [9.17, 15) is 9.59 Å². The number of carbonyl (C=O) groups is 2. The van der Waals surface area contributed by atoms with Gasteiger partial charge in [-0.05, 0) is 50.0 Å². The number of hydrogen-bond acceptors (Lipinski definition) is 3. The molecule has 0 spiro atoms. The van der Waals surface area contributed by atoms with Crippen molar-refractivity contribution in [1.82, 2.24) is 0 Å². The zero-order valence-corrected chi connectivity index (χ0v) is 14.2. The van der Waals surface area contributed by atoms with Gasteiger partial charge in [-0.15, -0.1) is 0 Å². The van der Waals surface area contributed by atoms with Crippen LogP contribution in [0.3, 0.4) is 0 Å². The monoisotopic (exact) mass is 318 g/mol. The maximum atomic E-state index is 12.5. The first-order valence-corrected chi connectivity index (χ1v) is 9.65. The first-order valence-electron chi connectivity index (χ1n) is 9.65. The average molecular weight is 318 g/mol. The Morgan fingerprint density at radius 2 is 1.65 bits per heavy atom. The molecule has 3 rings (SSSR count). The van der Waals surface area contributed by atoms with Gasteiger partial charge in [-0.2, -0.15) is 0 Å². The Hall–Kier alpha value is -1.12. The van der Waals surface area contributed by atoms with Crippen LogP contribution in [0.4, 0.5) is 0 Å². The normalized spacial score (nSPS) is 27.4. The highest BCUT2D eigenvalue weighted by Crippen LogP contribution is 2.32. The average Bonchev–Trinajstić information content (AvgIpc) is 3.23. The minimum absolute atomic E-state index is 0.0535. The molecule has 3 fully saturated rings. The van der Waals surface area contributed by atoms with Crippen molar-refractivity contribution in [1.29, 1.82) is 0 Å². The van der Waals surface area contributed by atoms with E-state index in [0.717, 1.165) is 25.7 Å². The molecule has 23 heavy (non-hydrogen) atoms. The van der Waals surface area contributed by atoms with Gasteiger partial charge >= 0.3 is 5.97 Å². The van der Waals surface area contributed by atoms with Gasteiger partial charge in [0.25, 0.3) is 0 Å². The number of carbonyl (C=O) groups excluding carboxylic acids is 2. The predicted octanol–water partition coefficient (Wildman–Crippen LogP) is 4.74. The van der Waals surface area contributed by atoms with Crippen molar-refractivity contribution in [2.45, 2.75) is 89.6 Å². The summed E-state index contributed by atoms with van der Waals surface area (Å²) < 4.78 is 5.49. The van der Waals surface area contributed by atoms with E-state index in [1.54, 1.807) is 0 Å². The van der Waals surface area contributed by atoms with Crippen LogP contribution in [-0.4, -0.2) is 17.9 Å². The van der Waals surface area contributed by atoms with E-state index in [1.165, 1.54) is 50.5 Å². The molecule has 1 unspecified atom stereocenters. The fraction of sp³-hybridized carbons (Fsp3) is 0.800. The Kier molecular flexibility index (Phi) is 5.91. The molecular formula is C20H30O3. The Morgan fingerprint density at radius 1 is 0.957 bits per heavy atom. The van der Waals surface area contributed by atoms with E-state index in [0.29, 0.717) is 30.5 Å². The molecule has 1 heterocycles. The Labute approximate surface area is 139 Å². The van der Waals surface area contributed by atoms with Gasteiger partial charge < -0.3 is 4.74 Å². The summed E-state index contributed by atoms with van der Waals surface area (Å²) >= 11 is 0. The second-order valence-electron chi connectivity index (χ2n) is 7.60. The summed E-state index contributed by atoms with van der Waals surface area (Å²) in [7, 11) is 0. The molecule has 0 aromatic rings. The number of esters is 1. The van der Waals surface area contributed by atoms with E-state index in [2.05, 4.69) is 6.08 Å². The lowest BCUT2D eigenvalue weighted by molar-refractivity contribution is -0.140. The van der Waals surface area contributed by atoms with Crippen molar-refractivity contribution in [3.63, 3.8) is 0 Å². The summed E-state index contributed by atoms with van der Waals surface area (Å²) in [6.45, 7) is 0. The van der Waals surface area contributed by atoms with Gasteiger partial charge in [0.05, 0.1) is 0 Å². The van der Waals surface area contributed by atoms with Crippen LogP contribution in [0.15, 0.2) is 11.6 Å². The number of rotatable bonds is 6. The highest BCUT2D eigenvalue weighted by atomic mass is 16.5. The van der Waals surface area contributed by atoms with Gasteiger partial charge in [-0.3, -0.25) is 9.59 Å². The summed E-state index contributed by atoms with van der Waals surface area (Å²) in [5, 5.41) is 0. The molecule has 3 nitrogen and oxygen atoms in total. The fourth-order valence-electron chi connectivity index (χ4n) is 4.46. The molecule has 2 aliphatic carbocycles. The third-order valence-corrected chi connectivity index (χ3v) is 5.87. The minimum Gasteiger partial charge on any atom is -0.458 e. The number of allylic oxidation sites excluding steroid dienone is 1. The summed E-state index contributed by atoms with van der Waals surface area (Å²) in [6, 6.07) is 0. The number of hydrogen-bond donors (Lipinski definition) is 0. The molecule has 0 N–H and O–H groups in total. The Morgan fingerprint density at radius 3 is 2.30 bits per heavy atom. The van der Waals surface area contributed by atoms with Crippen LogP contribution < -0.4 is 0 Å². The molecule has 1 atom stereocenters. The highest BCUT2D eigenvalue weighted by molar-refractivity contribution is 5.81. The van der Waals surface area contributed by atoms with Gasteiger partial charge in [0, 0.05) is 18.8 Å². The molecule has 128 valence electrons. The number of cyclic esters (lactones) is 1. The highest BCUT2D eigenvalue weighted by Gasteiger charge is 2.29. The minimum atomic E-state index is -0.0778. The number of Topliss-reactive ketones (excluding diaryl/α,β-unsaturated/α-hetero) is 1. The van der Waals surface area contributed by atoms with Crippen molar-refractivity contribution in [3.05, 3.63) is 11.6 Å². The predicted molar refractivity (Wildman–Crippen MR) is 90.0 cm³/mol. The zero-order chi connectivity index (χ0) is 16.1. The smallest absolute Gasteiger partial charge is 0.306 e. The van der Waals surface area contributed by atoms with Crippen molar-refractivity contribution in [3.8, 4) is 0 Å². The standard InChI is InChI=1S/C20H30O3/c21-18(16-8-2-1-3-9-16)11-10-17(14-15-6-4-5-7-15)19-12-13-20(22)23-19/h14-16,19H,1-13H2/b17-14+. The molecule has 1 aliphatic heterocycles. The lowest BCUT2D eigenvalue weighted by Gasteiger charge is -2.21. The van der Waals surface area contributed by atoms with Crippen LogP contribution >= 0.6 is 0 Å². The first kappa shape index (κ1) is 16.7. The maximum absolute atomic E-state index is 12.5. The van der Waals surface area contributed by atoms with E-state index < -0.39 is 0 Å². The summed E-state index contributed by atoms with van der Waals surface area (Å²) in [4.78, 5) is 23.9. The Bertz CT molecular complexity index is 454. The SMILES string of the molecule is O=C1CCC(/C(=C/C2CCCC2)CCC(=O)C2CCCCC2)O1. The van der Waals surface area contributed by atoms with Gasteiger partial charge in [0.2, 0.25) is 0 Å². The second-order valence-corrected chi connectivity index (χ2v) is 7.60. The fourth-order valence-corrected chi connectivity index (χ4v) is 4.46. The molecule has 0 radical (unpaired) electrons. The zero-order valence-electron chi connectivity index (χ0n) is 14.2. The molecule has 1 saturated heterocycles. The third kappa shape index (κ3) is 4.68. The molecule has 3 heteroatoms. The van der Waals surface area contributed by atoms with Crippen molar-refractivity contribution in [2.24, 2.45) is 11.8 Å². The quantitative estimate of drug-likeness (QED) is 0.525. The van der Waals surface area contributed by atoms with Gasteiger partial charge in [0.15, 0.2) is 0 Å². The summed E-state index contributed by atoms with van der Waals surface area (Å²) in [6.07, 6.45) is 16.0. The van der Waals surface area contributed by atoms with Crippen LogP contribution in [-0.2, 0) is 14.3 Å². The van der Waals surface area contributed by atoms with Crippen LogP contribution in [0.25, 0.3) is 0 Å². The molecule has 2 saturated carbocycles. The molecule has 0 aromatic heterocycles. The van der Waals surface area contributed by atoms with Crippen LogP contribution in [0.5, 0.6) is 0 Å². The van der Waals surface area contributed by atoms with Crippen molar-refractivity contribution < 1.29 is 14.3 Å². The van der Waals surface area contributed by atoms with E-state index in [-0.39, 0.29) is 12.1 Å². The second kappa shape index (κ2) is 8.12. The van der Waals surface area contributed by atoms with Crippen LogP contribution in [0, 0.1) is 11.8 Å². The van der Waals surface area contributed by atoms with E-state index in [1.807, 2.05) is 0 Å². The summed E-state index contributed by atoms with van der Waals surface area (Å²) in [5.74, 6) is 1.29. The molecule has 3 aliphatic rings. The number of ether oxygens (including phenoxy) is 1. The van der Waals surface area contributed by atoms with E-state index >= 15 is 0 Å². The first-order chi connectivity index (χ1) is 11.2. The summed E-state index contributed by atoms with van der Waals surface area (Å²) in [5.41, 5.74) is 1.23. The topological polar surface area (TPSA) is 43.4 Å². The van der Waals surface area contributed by atoms with Crippen molar-refractivity contribution >= 4 is 11.8 Å². The number of ketones is 1. The van der Waals surface area contributed by atoms with Gasteiger partial charge in [-0.25, -0.2) is 0 Å². The van der Waals surface area contributed by atoms with Crippen LogP contribution in [0.2, 0.25) is 0 Å². The van der Waals surface area contributed by atoms with Crippen LogP contribution in [0.1, 0.15) is 83.5 Å². The maximum Gasteiger partial charge on any atom is 0.306 e. The largest absolute Gasteiger partial charge is 0.458 e. The molecule has 0 amide bonds. The lowest BCUT2D eigenvalue weighted by Crippen LogP contribution is -2.19. The molecule has 0 bridgehead atoms. The Balaban J connectivity index is 1.58. The third-order valence-electron chi connectivity index (χ3n) is 5.87. The molecular weight excluding hydrogens is 288 g/mol.